The number of nitrogens with zero attached hydrogens (tertiary/aromatic N) is 2. The average molecular weight is 364 g/mol. The van der Waals surface area contributed by atoms with E-state index in [1.165, 1.54) is 13.2 Å². The molecular formula is C17H18ClN3O4. The molecule has 2 aromatic rings. The summed E-state index contributed by atoms with van der Waals surface area (Å²) in [6.45, 7) is 0.332. The molecule has 0 heterocycles. The van der Waals surface area contributed by atoms with Crippen LogP contribution in [0.2, 0.25) is 5.02 Å². The lowest BCUT2D eigenvalue weighted by Crippen LogP contribution is -2.30. The van der Waals surface area contributed by atoms with Crippen molar-refractivity contribution in [3.05, 3.63) is 63.2 Å². The van der Waals surface area contributed by atoms with Gasteiger partial charge in [0.2, 0.25) is 5.91 Å². The molecule has 0 saturated heterocycles. The van der Waals surface area contributed by atoms with Crippen LogP contribution in [0.4, 0.5) is 11.4 Å². The number of halogens is 1. The maximum Gasteiger partial charge on any atom is 0.273 e. The van der Waals surface area contributed by atoms with Gasteiger partial charge in [-0.25, -0.2) is 0 Å². The van der Waals surface area contributed by atoms with Gasteiger partial charge in [-0.2, -0.15) is 0 Å². The van der Waals surface area contributed by atoms with E-state index in [0.717, 1.165) is 0 Å². The fourth-order valence-electron chi connectivity index (χ4n) is 2.38. The molecule has 2 aromatic carbocycles. The maximum absolute atomic E-state index is 12.2. The van der Waals surface area contributed by atoms with Gasteiger partial charge < -0.3 is 10.1 Å². The number of hydrogen-bond acceptors (Lipinski definition) is 5. The van der Waals surface area contributed by atoms with Crippen molar-refractivity contribution in [2.75, 3.05) is 26.0 Å². The lowest BCUT2D eigenvalue weighted by molar-refractivity contribution is -0.385. The minimum atomic E-state index is -0.430. The molecule has 0 aliphatic rings. The Morgan fingerprint density at radius 3 is 2.72 bits per heavy atom. The number of carbonyl (C=O) groups excluding carboxylic acids is 1. The van der Waals surface area contributed by atoms with Crippen LogP contribution in [-0.4, -0.2) is 36.4 Å². The van der Waals surface area contributed by atoms with E-state index in [1.54, 1.807) is 48.3 Å². The monoisotopic (exact) mass is 363 g/mol. The molecule has 8 heteroatoms. The van der Waals surface area contributed by atoms with Gasteiger partial charge in [0.05, 0.1) is 24.3 Å². The van der Waals surface area contributed by atoms with E-state index in [1.807, 2.05) is 0 Å². The number of carbonyl (C=O) groups is 1. The first-order valence-corrected chi connectivity index (χ1v) is 7.82. The summed E-state index contributed by atoms with van der Waals surface area (Å²) in [7, 11) is 3.21. The predicted molar refractivity (Wildman–Crippen MR) is 96.1 cm³/mol. The summed E-state index contributed by atoms with van der Waals surface area (Å²) in [5.41, 5.74) is 1.05. The van der Waals surface area contributed by atoms with Crippen LogP contribution in [0.25, 0.3) is 0 Å². The van der Waals surface area contributed by atoms with E-state index >= 15 is 0 Å². The topological polar surface area (TPSA) is 84.7 Å². The number of nitro groups is 1. The van der Waals surface area contributed by atoms with Crippen molar-refractivity contribution >= 4 is 28.9 Å². The number of nitro benzene ring substituents is 1. The molecular weight excluding hydrogens is 346 g/mol. The summed E-state index contributed by atoms with van der Waals surface area (Å²) >= 11 is 5.94. The van der Waals surface area contributed by atoms with Gasteiger partial charge in [0.15, 0.2) is 0 Å². The number of benzene rings is 2. The second-order valence-electron chi connectivity index (χ2n) is 5.45. The van der Waals surface area contributed by atoms with Gasteiger partial charge in [-0.3, -0.25) is 19.8 Å². The number of hydrogen-bond donors (Lipinski definition) is 1. The Labute approximate surface area is 150 Å². The highest BCUT2D eigenvalue weighted by molar-refractivity contribution is 6.31. The average Bonchev–Trinajstić information content (AvgIpc) is 2.55. The van der Waals surface area contributed by atoms with Gasteiger partial charge in [0.25, 0.3) is 5.69 Å². The van der Waals surface area contributed by atoms with Crippen molar-refractivity contribution < 1.29 is 14.5 Å². The Balaban J connectivity index is 2.02. The third kappa shape index (κ3) is 5.17. The molecule has 0 aromatic heterocycles. The van der Waals surface area contributed by atoms with Gasteiger partial charge >= 0.3 is 0 Å². The SMILES string of the molecule is COc1ccc(Cl)cc1NC(=O)CN(C)Cc1ccccc1[N+](=O)[O-]. The number of nitrogens with one attached hydrogen (secondary N) is 1. The van der Waals surface area contributed by atoms with Crippen LogP contribution in [0.3, 0.4) is 0 Å². The summed E-state index contributed by atoms with van der Waals surface area (Å²) in [6.07, 6.45) is 0. The van der Waals surface area contributed by atoms with E-state index in [9.17, 15) is 14.9 Å². The van der Waals surface area contributed by atoms with Gasteiger partial charge in [-0.1, -0.05) is 29.8 Å². The molecule has 0 spiro atoms. The van der Waals surface area contributed by atoms with E-state index < -0.39 is 4.92 Å². The van der Waals surface area contributed by atoms with Crippen molar-refractivity contribution in [3.8, 4) is 5.75 Å². The lowest BCUT2D eigenvalue weighted by Gasteiger charge is -2.17. The Morgan fingerprint density at radius 1 is 1.32 bits per heavy atom. The molecule has 132 valence electrons. The van der Waals surface area contributed by atoms with Gasteiger partial charge in [0.1, 0.15) is 5.75 Å². The van der Waals surface area contributed by atoms with Crippen molar-refractivity contribution in [1.82, 2.24) is 4.90 Å². The minimum absolute atomic E-state index is 0.0336. The summed E-state index contributed by atoms with van der Waals surface area (Å²) < 4.78 is 5.18. The number of anilines is 1. The second kappa shape index (κ2) is 8.46. The van der Waals surface area contributed by atoms with Gasteiger partial charge in [0, 0.05) is 23.2 Å². The summed E-state index contributed by atoms with van der Waals surface area (Å²) in [5.74, 6) is 0.223. The Kier molecular flexibility index (Phi) is 6.32. The van der Waals surface area contributed by atoms with Crippen molar-refractivity contribution in [1.29, 1.82) is 0 Å². The number of para-hydroxylation sites is 1. The normalized spacial score (nSPS) is 10.6. The van der Waals surface area contributed by atoms with E-state index in [4.69, 9.17) is 16.3 Å². The number of likely N-dealkylation sites (N-methyl/N-ethyl adjacent to an activating group) is 1. The Hall–Kier alpha value is -2.64. The molecule has 2 rings (SSSR count). The molecule has 0 bridgehead atoms. The molecule has 7 nitrogen and oxygen atoms in total. The van der Waals surface area contributed by atoms with Crippen LogP contribution in [0.15, 0.2) is 42.5 Å². The summed E-state index contributed by atoms with van der Waals surface area (Å²) in [5, 5.41) is 14.3. The zero-order valence-corrected chi connectivity index (χ0v) is 14.6. The van der Waals surface area contributed by atoms with Crippen LogP contribution in [0.5, 0.6) is 5.75 Å². The van der Waals surface area contributed by atoms with E-state index in [-0.39, 0.29) is 24.7 Å². The fourth-order valence-corrected chi connectivity index (χ4v) is 2.55. The highest BCUT2D eigenvalue weighted by Gasteiger charge is 2.16. The van der Waals surface area contributed by atoms with Crippen LogP contribution < -0.4 is 10.1 Å². The van der Waals surface area contributed by atoms with Crippen LogP contribution >= 0.6 is 11.6 Å². The fraction of sp³-hybridized carbons (Fsp3) is 0.235. The number of methoxy groups -OCH3 is 1. The zero-order valence-electron chi connectivity index (χ0n) is 13.9. The Morgan fingerprint density at radius 2 is 2.04 bits per heavy atom. The van der Waals surface area contributed by atoms with Crippen LogP contribution in [0, 0.1) is 10.1 Å². The number of ether oxygens (including phenoxy) is 1. The zero-order chi connectivity index (χ0) is 18.4. The van der Waals surface area contributed by atoms with Gasteiger partial charge in [-0.05, 0) is 25.2 Å². The molecule has 0 unspecified atom stereocenters. The quantitative estimate of drug-likeness (QED) is 0.602. The molecule has 0 radical (unpaired) electrons. The number of amides is 1. The number of rotatable bonds is 7. The molecule has 0 saturated carbocycles. The molecule has 1 N–H and O–H groups in total. The smallest absolute Gasteiger partial charge is 0.273 e. The molecule has 1 amide bonds. The summed E-state index contributed by atoms with van der Waals surface area (Å²) in [6, 6.07) is 11.4. The molecule has 0 fully saturated rings. The standard InChI is InChI=1S/C17H18ClN3O4/c1-20(10-12-5-3-4-6-15(12)21(23)24)11-17(22)19-14-9-13(18)7-8-16(14)25-2/h3-9H,10-11H2,1-2H3,(H,19,22). The van der Waals surface area contributed by atoms with E-state index in [2.05, 4.69) is 5.32 Å². The first-order valence-electron chi connectivity index (χ1n) is 7.45. The van der Waals surface area contributed by atoms with Crippen LogP contribution in [0.1, 0.15) is 5.56 Å². The van der Waals surface area contributed by atoms with Crippen LogP contribution in [-0.2, 0) is 11.3 Å². The third-order valence-corrected chi connectivity index (χ3v) is 3.71. The highest BCUT2D eigenvalue weighted by Crippen LogP contribution is 2.27. The second-order valence-corrected chi connectivity index (χ2v) is 5.89. The molecule has 0 aliphatic carbocycles. The first kappa shape index (κ1) is 18.7. The minimum Gasteiger partial charge on any atom is -0.495 e. The van der Waals surface area contributed by atoms with Crippen molar-refractivity contribution in [2.24, 2.45) is 0 Å². The third-order valence-electron chi connectivity index (χ3n) is 3.48. The maximum atomic E-state index is 12.2. The predicted octanol–water partition coefficient (Wildman–Crippen LogP) is 3.33. The first-order chi connectivity index (χ1) is 11.9. The van der Waals surface area contributed by atoms with Crippen molar-refractivity contribution in [2.45, 2.75) is 6.54 Å². The van der Waals surface area contributed by atoms with E-state index in [0.29, 0.717) is 22.0 Å². The molecule has 0 atom stereocenters. The highest BCUT2D eigenvalue weighted by atomic mass is 35.5. The lowest BCUT2D eigenvalue weighted by atomic mass is 10.1. The molecule has 0 aliphatic heterocycles. The largest absolute Gasteiger partial charge is 0.495 e. The Bertz CT molecular complexity index is 782. The molecule has 25 heavy (non-hydrogen) atoms. The van der Waals surface area contributed by atoms with Crippen molar-refractivity contribution in [3.63, 3.8) is 0 Å². The van der Waals surface area contributed by atoms with Gasteiger partial charge in [-0.15, -0.1) is 0 Å². The summed E-state index contributed by atoms with van der Waals surface area (Å²) in [4.78, 5) is 24.5.